The zero-order chi connectivity index (χ0) is 19.7. The van der Waals surface area contributed by atoms with Gasteiger partial charge in [0.2, 0.25) is 0 Å². The molecule has 1 saturated heterocycles. The highest BCUT2D eigenvalue weighted by Gasteiger charge is 2.18. The minimum Gasteiger partial charge on any atom is -0.357 e. The summed E-state index contributed by atoms with van der Waals surface area (Å²) in [6, 6.07) is 10.7. The molecule has 3 aromatic rings. The largest absolute Gasteiger partial charge is 0.357 e. The van der Waals surface area contributed by atoms with Gasteiger partial charge in [-0.15, -0.1) is 0 Å². The Kier molecular flexibility index (Phi) is 4.81. The average molecular weight is 377 g/mol. The molecule has 0 radical (unpaired) electrons. The zero-order valence-electron chi connectivity index (χ0n) is 16.1. The third kappa shape index (κ3) is 3.35. The quantitative estimate of drug-likeness (QED) is 0.755. The van der Waals surface area contributed by atoms with Gasteiger partial charge in [0.05, 0.1) is 23.3 Å². The van der Waals surface area contributed by atoms with E-state index < -0.39 is 0 Å². The molecule has 2 aromatic heterocycles. The average Bonchev–Trinajstić information content (AvgIpc) is 3.23. The third-order valence-electron chi connectivity index (χ3n) is 4.97. The molecule has 1 N–H and O–H groups in total. The van der Waals surface area contributed by atoms with Crippen LogP contribution in [0.5, 0.6) is 0 Å². The van der Waals surface area contributed by atoms with Gasteiger partial charge in [0.25, 0.3) is 11.5 Å². The first-order valence-corrected chi connectivity index (χ1v) is 9.58. The molecule has 0 bridgehead atoms. The van der Waals surface area contributed by atoms with Crippen molar-refractivity contribution in [3.63, 3.8) is 0 Å². The first-order chi connectivity index (χ1) is 13.5. The monoisotopic (exact) mass is 377 g/mol. The summed E-state index contributed by atoms with van der Waals surface area (Å²) in [5, 5.41) is 8.23. The van der Waals surface area contributed by atoms with E-state index in [0.717, 1.165) is 18.9 Å². The van der Waals surface area contributed by atoms with Crippen LogP contribution in [-0.4, -0.2) is 33.8 Å². The van der Waals surface area contributed by atoms with E-state index in [1.54, 1.807) is 30.5 Å². The molecule has 7 nitrogen and oxygen atoms in total. The molecular weight excluding hydrogens is 354 g/mol. The molecular formula is C21H23N5O2. The Morgan fingerprint density at radius 2 is 1.79 bits per heavy atom. The first-order valence-electron chi connectivity index (χ1n) is 9.58. The van der Waals surface area contributed by atoms with Crippen LogP contribution in [0.2, 0.25) is 0 Å². The van der Waals surface area contributed by atoms with Crippen LogP contribution in [0.25, 0.3) is 10.8 Å². The van der Waals surface area contributed by atoms with E-state index in [-0.39, 0.29) is 23.2 Å². The lowest BCUT2D eigenvalue weighted by Gasteiger charge is -2.16. The van der Waals surface area contributed by atoms with Crippen molar-refractivity contribution >= 4 is 28.2 Å². The predicted octanol–water partition coefficient (Wildman–Crippen LogP) is 3.22. The van der Waals surface area contributed by atoms with Gasteiger partial charge in [0.15, 0.2) is 5.69 Å². The fraction of sp³-hybridized carbons (Fsp3) is 0.333. The summed E-state index contributed by atoms with van der Waals surface area (Å²) < 4.78 is 1.35. The van der Waals surface area contributed by atoms with Gasteiger partial charge >= 0.3 is 0 Å². The van der Waals surface area contributed by atoms with Crippen molar-refractivity contribution < 1.29 is 4.79 Å². The highest BCUT2D eigenvalue weighted by atomic mass is 16.2. The maximum atomic E-state index is 12.9. The summed E-state index contributed by atoms with van der Waals surface area (Å²) in [7, 11) is 0. The summed E-state index contributed by atoms with van der Waals surface area (Å²) in [6.45, 7) is 5.77. The second kappa shape index (κ2) is 7.42. The highest BCUT2D eigenvalue weighted by Crippen LogP contribution is 2.20. The Morgan fingerprint density at radius 1 is 1.07 bits per heavy atom. The van der Waals surface area contributed by atoms with Gasteiger partial charge in [-0.25, -0.2) is 9.67 Å². The number of pyridine rings is 1. The molecule has 1 aromatic carbocycles. The molecule has 1 aliphatic rings. The van der Waals surface area contributed by atoms with Crippen LogP contribution in [0.1, 0.15) is 43.2 Å². The van der Waals surface area contributed by atoms with Gasteiger partial charge < -0.3 is 10.2 Å². The minimum atomic E-state index is -0.360. The maximum Gasteiger partial charge on any atom is 0.276 e. The van der Waals surface area contributed by atoms with E-state index in [9.17, 15) is 9.59 Å². The fourth-order valence-corrected chi connectivity index (χ4v) is 3.51. The predicted molar refractivity (Wildman–Crippen MR) is 110 cm³/mol. The summed E-state index contributed by atoms with van der Waals surface area (Å²) in [6.07, 6.45) is 4.03. The van der Waals surface area contributed by atoms with E-state index >= 15 is 0 Å². The standard InChI is InChI=1S/C21H23N5O2/c1-14(2)26-21(28)17-8-4-3-7-16(17)19(24-26)20(27)23-15-9-10-18(22-13-15)25-11-5-6-12-25/h3-4,7-10,13-14H,5-6,11-12H2,1-2H3,(H,23,27). The van der Waals surface area contributed by atoms with Gasteiger partial charge in [-0.05, 0) is 44.9 Å². The second-order valence-corrected chi connectivity index (χ2v) is 7.29. The number of rotatable bonds is 4. The van der Waals surface area contributed by atoms with E-state index in [2.05, 4.69) is 20.3 Å². The molecule has 144 valence electrons. The SMILES string of the molecule is CC(C)n1nc(C(=O)Nc2ccc(N3CCCC3)nc2)c2ccccc2c1=O. The summed E-state index contributed by atoms with van der Waals surface area (Å²) in [5.41, 5.74) is 0.632. The lowest BCUT2D eigenvalue weighted by atomic mass is 10.1. The molecule has 0 unspecified atom stereocenters. The Hall–Kier alpha value is -3.22. The van der Waals surface area contributed by atoms with Gasteiger partial charge in [0.1, 0.15) is 5.82 Å². The van der Waals surface area contributed by atoms with E-state index in [1.165, 1.54) is 17.5 Å². The summed E-state index contributed by atoms with van der Waals surface area (Å²) in [5.74, 6) is 0.564. The lowest BCUT2D eigenvalue weighted by Crippen LogP contribution is -2.29. The van der Waals surface area contributed by atoms with Crippen LogP contribution in [-0.2, 0) is 0 Å². The van der Waals surface area contributed by atoms with Crippen molar-refractivity contribution in [2.45, 2.75) is 32.7 Å². The number of hydrogen-bond donors (Lipinski definition) is 1. The molecule has 7 heteroatoms. The second-order valence-electron chi connectivity index (χ2n) is 7.29. The van der Waals surface area contributed by atoms with E-state index in [4.69, 9.17) is 0 Å². The minimum absolute atomic E-state index is 0.148. The molecule has 0 atom stereocenters. The molecule has 1 amide bonds. The van der Waals surface area contributed by atoms with Crippen LogP contribution in [0.15, 0.2) is 47.4 Å². The Balaban J connectivity index is 1.65. The summed E-state index contributed by atoms with van der Waals surface area (Å²) >= 11 is 0. The van der Waals surface area contributed by atoms with Crippen molar-refractivity contribution in [3.05, 3.63) is 58.6 Å². The van der Waals surface area contributed by atoms with Crippen LogP contribution in [0.3, 0.4) is 0 Å². The lowest BCUT2D eigenvalue weighted by molar-refractivity contribution is 0.102. The molecule has 1 aliphatic heterocycles. The first kappa shape index (κ1) is 18.2. The number of anilines is 2. The maximum absolute atomic E-state index is 12.9. The zero-order valence-corrected chi connectivity index (χ0v) is 16.1. The number of benzene rings is 1. The van der Waals surface area contributed by atoms with Gasteiger partial charge in [0, 0.05) is 18.5 Å². The van der Waals surface area contributed by atoms with Gasteiger partial charge in [-0.2, -0.15) is 5.10 Å². The number of fused-ring (bicyclic) bond motifs is 1. The highest BCUT2D eigenvalue weighted by molar-refractivity contribution is 6.11. The van der Waals surface area contributed by atoms with Gasteiger partial charge in [-0.3, -0.25) is 9.59 Å². The molecule has 0 spiro atoms. The topological polar surface area (TPSA) is 80.1 Å². The molecule has 4 rings (SSSR count). The number of aromatic nitrogens is 3. The smallest absolute Gasteiger partial charge is 0.276 e. The van der Waals surface area contributed by atoms with Crippen LogP contribution in [0.4, 0.5) is 11.5 Å². The molecule has 0 aliphatic carbocycles. The Bertz CT molecular complexity index is 1070. The van der Waals surface area contributed by atoms with Crippen LogP contribution in [0, 0.1) is 0 Å². The Labute approximate surface area is 163 Å². The van der Waals surface area contributed by atoms with Gasteiger partial charge in [-0.1, -0.05) is 18.2 Å². The number of hydrogen-bond acceptors (Lipinski definition) is 5. The van der Waals surface area contributed by atoms with Crippen LogP contribution < -0.4 is 15.8 Å². The van der Waals surface area contributed by atoms with Crippen molar-refractivity contribution in [1.82, 2.24) is 14.8 Å². The normalized spacial score (nSPS) is 14.0. The molecule has 1 fully saturated rings. The van der Waals surface area contributed by atoms with Crippen molar-refractivity contribution in [3.8, 4) is 0 Å². The Morgan fingerprint density at radius 3 is 2.43 bits per heavy atom. The number of carbonyl (C=O) groups excluding carboxylic acids is 1. The fourth-order valence-electron chi connectivity index (χ4n) is 3.51. The molecule has 0 saturated carbocycles. The van der Waals surface area contributed by atoms with Crippen molar-refractivity contribution in [2.24, 2.45) is 0 Å². The third-order valence-corrected chi connectivity index (χ3v) is 4.97. The number of amides is 1. The number of nitrogens with one attached hydrogen (secondary N) is 1. The number of carbonyl (C=O) groups is 1. The molecule has 28 heavy (non-hydrogen) atoms. The van der Waals surface area contributed by atoms with E-state index in [1.807, 2.05) is 26.0 Å². The van der Waals surface area contributed by atoms with Crippen molar-refractivity contribution in [1.29, 1.82) is 0 Å². The van der Waals surface area contributed by atoms with E-state index in [0.29, 0.717) is 16.5 Å². The number of nitrogens with zero attached hydrogens (tertiary/aromatic N) is 4. The summed E-state index contributed by atoms with van der Waals surface area (Å²) in [4.78, 5) is 32.2. The molecule has 3 heterocycles. The van der Waals surface area contributed by atoms with Crippen LogP contribution >= 0.6 is 0 Å². The van der Waals surface area contributed by atoms with Crippen molar-refractivity contribution in [2.75, 3.05) is 23.3 Å².